The molecule has 0 spiro atoms. The Morgan fingerprint density at radius 1 is 1.37 bits per heavy atom. The summed E-state index contributed by atoms with van der Waals surface area (Å²) in [6.45, 7) is 5.68. The maximum Gasteiger partial charge on any atom is 0.0453 e. The van der Waals surface area contributed by atoms with Crippen LogP contribution >= 0.6 is 35.0 Å². The predicted octanol–water partition coefficient (Wildman–Crippen LogP) is 4.66. The molecule has 1 aliphatic heterocycles. The molecule has 0 bridgehead atoms. The molecule has 19 heavy (non-hydrogen) atoms. The molecule has 0 amide bonds. The van der Waals surface area contributed by atoms with Crippen molar-refractivity contribution in [3.8, 4) is 0 Å². The summed E-state index contributed by atoms with van der Waals surface area (Å²) in [5, 5.41) is 5.13. The smallest absolute Gasteiger partial charge is 0.0453 e. The number of hydrogen-bond acceptors (Lipinski definition) is 2. The molecule has 4 heteroatoms. The summed E-state index contributed by atoms with van der Waals surface area (Å²) in [5.74, 6) is 2.49. The van der Waals surface area contributed by atoms with Crippen LogP contribution in [0.2, 0.25) is 10.0 Å². The highest BCUT2D eigenvalue weighted by Gasteiger charge is 2.27. The van der Waals surface area contributed by atoms with E-state index in [9.17, 15) is 0 Å². The summed E-state index contributed by atoms with van der Waals surface area (Å²) in [4.78, 5) is 0. The standard InChI is InChI=1S/C15H21Cl2NS/c1-15(2)8-13(9-19-10-15)18-6-5-11-3-4-12(16)7-14(11)17/h3-4,7,13,18H,5-6,8-10H2,1-2H3. The monoisotopic (exact) mass is 317 g/mol. The average molecular weight is 318 g/mol. The summed E-state index contributed by atoms with van der Waals surface area (Å²) in [5.41, 5.74) is 1.62. The van der Waals surface area contributed by atoms with E-state index in [1.807, 2.05) is 18.2 Å². The van der Waals surface area contributed by atoms with Crippen LogP contribution in [0.3, 0.4) is 0 Å². The Bertz CT molecular complexity index is 434. The Labute approximate surface area is 130 Å². The Morgan fingerprint density at radius 2 is 2.16 bits per heavy atom. The van der Waals surface area contributed by atoms with E-state index in [0.29, 0.717) is 16.5 Å². The second-order valence-electron chi connectivity index (χ2n) is 6.02. The van der Waals surface area contributed by atoms with E-state index in [-0.39, 0.29) is 0 Å². The molecular formula is C15H21Cl2NS. The SMILES string of the molecule is CC1(C)CSCC(NCCc2ccc(Cl)cc2Cl)C1. The maximum atomic E-state index is 6.18. The van der Waals surface area contributed by atoms with Crippen molar-refractivity contribution in [3.05, 3.63) is 33.8 Å². The summed E-state index contributed by atoms with van der Waals surface area (Å²) in [7, 11) is 0. The van der Waals surface area contributed by atoms with Gasteiger partial charge < -0.3 is 5.32 Å². The van der Waals surface area contributed by atoms with E-state index < -0.39 is 0 Å². The van der Waals surface area contributed by atoms with Crippen molar-refractivity contribution in [1.82, 2.24) is 5.32 Å². The van der Waals surface area contributed by atoms with Crippen molar-refractivity contribution >= 4 is 35.0 Å². The van der Waals surface area contributed by atoms with E-state index in [1.165, 1.54) is 23.5 Å². The molecule has 0 aliphatic carbocycles. The van der Waals surface area contributed by atoms with Crippen molar-refractivity contribution in [1.29, 1.82) is 0 Å². The first kappa shape index (κ1) is 15.5. The van der Waals surface area contributed by atoms with Crippen molar-refractivity contribution in [2.24, 2.45) is 5.41 Å². The lowest BCUT2D eigenvalue weighted by Gasteiger charge is -2.35. The minimum Gasteiger partial charge on any atom is -0.313 e. The maximum absolute atomic E-state index is 6.18. The lowest BCUT2D eigenvalue weighted by molar-refractivity contribution is 0.319. The Morgan fingerprint density at radius 3 is 2.84 bits per heavy atom. The van der Waals surface area contributed by atoms with E-state index in [0.717, 1.165) is 18.0 Å². The lowest BCUT2D eigenvalue weighted by atomic mass is 9.88. The van der Waals surface area contributed by atoms with Gasteiger partial charge in [-0.3, -0.25) is 0 Å². The Kier molecular flexibility index (Phi) is 5.47. The van der Waals surface area contributed by atoms with Crippen molar-refractivity contribution < 1.29 is 0 Å². The van der Waals surface area contributed by atoms with Crippen molar-refractivity contribution in [2.45, 2.75) is 32.7 Å². The van der Waals surface area contributed by atoms with Crippen LogP contribution in [-0.4, -0.2) is 24.1 Å². The molecule has 1 N–H and O–H groups in total. The highest BCUT2D eigenvalue weighted by Crippen LogP contribution is 2.33. The molecule has 1 fully saturated rings. The van der Waals surface area contributed by atoms with Gasteiger partial charge in [0, 0.05) is 21.8 Å². The number of benzene rings is 1. The largest absolute Gasteiger partial charge is 0.313 e. The molecule has 1 heterocycles. The molecule has 0 saturated carbocycles. The molecule has 1 nitrogen and oxygen atoms in total. The van der Waals surface area contributed by atoms with Crippen LogP contribution in [0.4, 0.5) is 0 Å². The molecule has 0 radical (unpaired) electrons. The van der Waals surface area contributed by atoms with Gasteiger partial charge in [-0.25, -0.2) is 0 Å². The number of rotatable bonds is 4. The zero-order valence-corrected chi connectivity index (χ0v) is 13.8. The first-order valence-electron chi connectivity index (χ1n) is 6.71. The second kappa shape index (κ2) is 6.71. The third-order valence-corrected chi connectivity index (χ3v) is 5.66. The minimum absolute atomic E-state index is 0.457. The molecule has 106 valence electrons. The average Bonchev–Trinajstić information content (AvgIpc) is 2.31. The molecular weight excluding hydrogens is 297 g/mol. The van der Waals surface area contributed by atoms with E-state index in [1.54, 1.807) is 0 Å². The van der Waals surface area contributed by atoms with E-state index >= 15 is 0 Å². The molecule has 2 rings (SSSR count). The van der Waals surface area contributed by atoms with Gasteiger partial charge >= 0.3 is 0 Å². The molecule has 1 aliphatic rings. The van der Waals surface area contributed by atoms with E-state index in [4.69, 9.17) is 23.2 Å². The zero-order valence-electron chi connectivity index (χ0n) is 11.5. The minimum atomic E-state index is 0.457. The van der Waals surface area contributed by atoms with Crippen LogP contribution in [0.5, 0.6) is 0 Å². The predicted molar refractivity (Wildman–Crippen MR) is 87.7 cm³/mol. The Hall–Kier alpha value is 0.110. The van der Waals surface area contributed by atoms with Crippen LogP contribution < -0.4 is 5.32 Å². The van der Waals surface area contributed by atoms with Gasteiger partial charge in [0.1, 0.15) is 0 Å². The molecule has 0 aromatic heterocycles. The zero-order chi connectivity index (χ0) is 13.9. The fourth-order valence-corrected chi connectivity index (χ4v) is 4.34. The quantitative estimate of drug-likeness (QED) is 0.867. The summed E-state index contributed by atoms with van der Waals surface area (Å²) in [6.07, 6.45) is 2.21. The van der Waals surface area contributed by atoms with Crippen LogP contribution in [0.1, 0.15) is 25.8 Å². The number of nitrogens with one attached hydrogen (secondary N) is 1. The van der Waals surface area contributed by atoms with Gasteiger partial charge in [0.05, 0.1) is 0 Å². The molecule has 1 unspecified atom stereocenters. The van der Waals surface area contributed by atoms with Gasteiger partial charge in [-0.2, -0.15) is 11.8 Å². The van der Waals surface area contributed by atoms with Crippen LogP contribution in [0.15, 0.2) is 18.2 Å². The number of halogens is 2. The number of hydrogen-bond donors (Lipinski definition) is 1. The van der Waals surface area contributed by atoms with E-state index in [2.05, 4.69) is 30.9 Å². The summed E-state index contributed by atoms with van der Waals surface area (Å²) in [6, 6.07) is 6.37. The highest BCUT2D eigenvalue weighted by molar-refractivity contribution is 7.99. The summed E-state index contributed by atoms with van der Waals surface area (Å²) < 4.78 is 0. The van der Waals surface area contributed by atoms with Gasteiger partial charge in [-0.05, 0) is 48.3 Å². The highest BCUT2D eigenvalue weighted by atomic mass is 35.5. The Balaban J connectivity index is 1.80. The van der Waals surface area contributed by atoms with Gasteiger partial charge in [0.15, 0.2) is 0 Å². The van der Waals surface area contributed by atoms with Gasteiger partial charge in [0.25, 0.3) is 0 Å². The van der Waals surface area contributed by atoms with Crippen LogP contribution in [0.25, 0.3) is 0 Å². The first-order valence-corrected chi connectivity index (χ1v) is 8.62. The first-order chi connectivity index (χ1) is 8.96. The second-order valence-corrected chi connectivity index (χ2v) is 7.89. The molecule has 1 aromatic carbocycles. The molecule has 1 aromatic rings. The normalized spacial score (nSPS) is 22.4. The fourth-order valence-electron chi connectivity index (χ4n) is 2.53. The molecule has 1 atom stereocenters. The summed E-state index contributed by atoms with van der Waals surface area (Å²) >= 11 is 14.1. The van der Waals surface area contributed by atoms with Crippen molar-refractivity contribution in [3.63, 3.8) is 0 Å². The van der Waals surface area contributed by atoms with Crippen LogP contribution in [0, 0.1) is 5.41 Å². The molecule has 1 saturated heterocycles. The fraction of sp³-hybridized carbons (Fsp3) is 0.600. The van der Waals surface area contributed by atoms with Crippen LogP contribution in [-0.2, 0) is 6.42 Å². The van der Waals surface area contributed by atoms with Crippen molar-refractivity contribution in [2.75, 3.05) is 18.1 Å². The van der Waals surface area contributed by atoms with Gasteiger partial charge in [0.2, 0.25) is 0 Å². The third kappa shape index (κ3) is 4.86. The topological polar surface area (TPSA) is 12.0 Å². The van der Waals surface area contributed by atoms with Gasteiger partial charge in [-0.15, -0.1) is 0 Å². The lowest BCUT2D eigenvalue weighted by Crippen LogP contribution is -2.41. The third-order valence-electron chi connectivity index (χ3n) is 3.45. The van der Waals surface area contributed by atoms with Gasteiger partial charge in [-0.1, -0.05) is 43.1 Å². The number of thioether (sulfide) groups is 1.